The maximum atomic E-state index is 12.0. The van der Waals surface area contributed by atoms with E-state index in [1.54, 1.807) is 6.92 Å². The number of benzene rings is 1. The van der Waals surface area contributed by atoms with Crippen LogP contribution in [0.15, 0.2) is 24.3 Å². The van der Waals surface area contributed by atoms with Gasteiger partial charge in [0.1, 0.15) is 6.10 Å². The van der Waals surface area contributed by atoms with Crippen LogP contribution in [0.4, 0.5) is 0 Å². The average molecular weight is 220 g/mol. The minimum absolute atomic E-state index is 0.0693. The third kappa shape index (κ3) is 3.46. The van der Waals surface area contributed by atoms with Crippen LogP contribution in [0.3, 0.4) is 0 Å². The second kappa shape index (κ2) is 6.44. The van der Waals surface area contributed by atoms with E-state index in [1.807, 2.05) is 25.1 Å². The molecule has 1 aromatic rings. The van der Waals surface area contributed by atoms with Crippen LogP contribution in [-0.4, -0.2) is 18.5 Å². The maximum absolute atomic E-state index is 12.0. The highest BCUT2D eigenvalue weighted by Gasteiger charge is 2.14. The molecule has 0 aliphatic carbocycles. The molecule has 88 valence electrons. The summed E-state index contributed by atoms with van der Waals surface area (Å²) in [5.74, 6) is 0.0693. The minimum atomic E-state index is -0.345. The fourth-order valence-electron chi connectivity index (χ4n) is 1.73. The molecule has 0 aliphatic rings. The van der Waals surface area contributed by atoms with Crippen molar-refractivity contribution < 1.29 is 9.53 Å². The van der Waals surface area contributed by atoms with E-state index in [-0.39, 0.29) is 11.9 Å². The first-order valence-electron chi connectivity index (χ1n) is 5.93. The summed E-state index contributed by atoms with van der Waals surface area (Å²) in [7, 11) is 0. The Labute approximate surface area is 97.6 Å². The Morgan fingerprint density at radius 2 is 2.12 bits per heavy atom. The Morgan fingerprint density at radius 1 is 1.38 bits per heavy atom. The number of ether oxygens (including phenoxy) is 1. The summed E-state index contributed by atoms with van der Waals surface area (Å²) in [5, 5.41) is 0. The van der Waals surface area contributed by atoms with Crippen molar-refractivity contribution in [3.8, 4) is 0 Å². The standard InChI is InChI=1S/C14H20O2/c1-4-7-12-8-6-9-13(10-12)14(15)11(3)16-5-2/h6,8-11H,4-5,7H2,1-3H3. The Kier molecular flexibility index (Phi) is 5.20. The Bertz CT molecular complexity index is 344. The molecule has 0 radical (unpaired) electrons. The lowest BCUT2D eigenvalue weighted by molar-refractivity contribution is 0.0520. The molecule has 0 amide bonds. The zero-order valence-corrected chi connectivity index (χ0v) is 10.3. The molecular formula is C14H20O2. The van der Waals surface area contributed by atoms with Gasteiger partial charge in [-0.1, -0.05) is 31.5 Å². The monoisotopic (exact) mass is 220 g/mol. The van der Waals surface area contributed by atoms with Crippen LogP contribution in [0, 0.1) is 0 Å². The second-order valence-electron chi connectivity index (χ2n) is 3.91. The van der Waals surface area contributed by atoms with E-state index in [0.717, 1.165) is 18.4 Å². The zero-order chi connectivity index (χ0) is 12.0. The van der Waals surface area contributed by atoms with E-state index >= 15 is 0 Å². The van der Waals surface area contributed by atoms with Crippen LogP contribution in [0.2, 0.25) is 0 Å². The van der Waals surface area contributed by atoms with Crippen LogP contribution in [0.25, 0.3) is 0 Å². The van der Waals surface area contributed by atoms with Crippen LogP contribution in [0.1, 0.15) is 43.1 Å². The lowest BCUT2D eigenvalue weighted by Gasteiger charge is -2.11. The van der Waals surface area contributed by atoms with Gasteiger partial charge in [0.05, 0.1) is 0 Å². The lowest BCUT2D eigenvalue weighted by atomic mass is 10.0. The fourth-order valence-corrected chi connectivity index (χ4v) is 1.73. The molecule has 1 unspecified atom stereocenters. The van der Waals surface area contributed by atoms with Crippen molar-refractivity contribution in [3.05, 3.63) is 35.4 Å². The molecule has 0 N–H and O–H groups in total. The number of rotatable bonds is 6. The molecule has 0 aliphatic heterocycles. The quantitative estimate of drug-likeness (QED) is 0.688. The largest absolute Gasteiger partial charge is 0.371 e. The van der Waals surface area contributed by atoms with Gasteiger partial charge in [-0.15, -0.1) is 0 Å². The van der Waals surface area contributed by atoms with Gasteiger partial charge in [-0.2, -0.15) is 0 Å². The summed E-state index contributed by atoms with van der Waals surface area (Å²) in [6, 6.07) is 7.83. The van der Waals surface area contributed by atoms with Gasteiger partial charge >= 0.3 is 0 Å². The number of carbonyl (C=O) groups excluding carboxylic acids is 1. The van der Waals surface area contributed by atoms with Crippen LogP contribution < -0.4 is 0 Å². The van der Waals surface area contributed by atoms with Crippen molar-refractivity contribution in [1.29, 1.82) is 0 Å². The molecule has 16 heavy (non-hydrogen) atoms. The van der Waals surface area contributed by atoms with Gasteiger partial charge in [0.2, 0.25) is 0 Å². The van der Waals surface area contributed by atoms with Gasteiger partial charge in [0.25, 0.3) is 0 Å². The first-order chi connectivity index (χ1) is 7.69. The molecule has 1 aromatic carbocycles. The third-order valence-corrected chi connectivity index (χ3v) is 2.54. The number of hydrogen-bond acceptors (Lipinski definition) is 2. The first-order valence-corrected chi connectivity index (χ1v) is 5.93. The second-order valence-corrected chi connectivity index (χ2v) is 3.91. The topological polar surface area (TPSA) is 26.3 Å². The molecule has 0 spiro atoms. The van der Waals surface area contributed by atoms with E-state index in [2.05, 4.69) is 13.0 Å². The smallest absolute Gasteiger partial charge is 0.191 e. The third-order valence-electron chi connectivity index (χ3n) is 2.54. The maximum Gasteiger partial charge on any atom is 0.191 e. The summed E-state index contributed by atoms with van der Waals surface area (Å²) in [4.78, 5) is 12.0. The van der Waals surface area contributed by atoms with Crippen molar-refractivity contribution in [2.45, 2.75) is 39.7 Å². The van der Waals surface area contributed by atoms with Gasteiger partial charge in [-0.25, -0.2) is 0 Å². The Balaban J connectivity index is 2.78. The molecule has 0 saturated carbocycles. The highest BCUT2D eigenvalue weighted by atomic mass is 16.5. The van der Waals surface area contributed by atoms with Gasteiger partial charge in [0.15, 0.2) is 5.78 Å². The van der Waals surface area contributed by atoms with Gasteiger partial charge in [0, 0.05) is 12.2 Å². The average Bonchev–Trinajstić information content (AvgIpc) is 2.29. The molecule has 1 atom stereocenters. The van der Waals surface area contributed by atoms with E-state index in [0.29, 0.717) is 6.61 Å². The highest BCUT2D eigenvalue weighted by Crippen LogP contribution is 2.11. The van der Waals surface area contributed by atoms with Crippen LogP contribution in [0.5, 0.6) is 0 Å². The van der Waals surface area contributed by atoms with Crippen molar-refractivity contribution in [2.75, 3.05) is 6.61 Å². The molecule has 2 heteroatoms. The SMILES string of the molecule is CCCc1cccc(C(=O)C(C)OCC)c1. The Hall–Kier alpha value is -1.15. The van der Waals surface area contributed by atoms with Gasteiger partial charge < -0.3 is 4.74 Å². The molecule has 0 aromatic heterocycles. The molecule has 0 heterocycles. The number of hydrogen-bond donors (Lipinski definition) is 0. The number of ketones is 1. The highest BCUT2D eigenvalue weighted by molar-refractivity contribution is 5.99. The van der Waals surface area contributed by atoms with Crippen molar-refractivity contribution >= 4 is 5.78 Å². The van der Waals surface area contributed by atoms with E-state index in [1.165, 1.54) is 5.56 Å². The first kappa shape index (κ1) is 12.9. The van der Waals surface area contributed by atoms with E-state index in [9.17, 15) is 4.79 Å². The fraction of sp³-hybridized carbons (Fsp3) is 0.500. The lowest BCUT2D eigenvalue weighted by Crippen LogP contribution is -2.20. The molecule has 0 bridgehead atoms. The summed E-state index contributed by atoms with van der Waals surface area (Å²) < 4.78 is 5.31. The molecule has 1 rings (SSSR count). The van der Waals surface area contributed by atoms with E-state index < -0.39 is 0 Å². The number of carbonyl (C=O) groups is 1. The minimum Gasteiger partial charge on any atom is -0.371 e. The summed E-state index contributed by atoms with van der Waals surface area (Å²) in [6.45, 7) is 6.41. The summed E-state index contributed by atoms with van der Waals surface area (Å²) in [6.07, 6.45) is 1.77. The predicted molar refractivity (Wildman–Crippen MR) is 65.9 cm³/mol. The van der Waals surface area contributed by atoms with Crippen LogP contribution in [-0.2, 0) is 11.2 Å². The van der Waals surface area contributed by atoms with E-state index in [4.69, 9.17) is 4.74 Å². The number of aryl methyl sites for hydroxylation is 1. The van der Waals surface area contributed by atoms with Gasteiger partial charge in [-0.05, 0) is 31.9 Å². The normalized spacial score (nSPS) is 12.4. The summed E-state index contributed by atoms with van der Waals surface area (Å²) >= 11 is 0. The molecule has 0 saturated heterocycles. The number of Topliss-reactive ketones (excluding diaryl/α,β-unsaturated/α-hetero) is 1. The van der Waals surface area contributed by atoms with Crippen molar-refractivity contribution in [2.24, 2.45) is 0 Å². The Morgan fingerprint density at radius 3 is 2.75 bits per heavy atom. The molecular weight excluding hydrogens is 200 g/mol. The zero-order valence-electron chi connectivity index (χ0n) is 10.3. The molecule has 0 fully saturated rings. The summed E-state index contributed by atoms with van der Waals surface area (Å²) in [5.41, 5.74) is 1.98. The van der Waals surface area contributed by atoms with Crippen LogP contribution >= 0.6 is 0 Å². The van der Waals surface area contributed by atoms with Crippen molar-refractivity contribution in [3.63, 3.8) is 0 Å². The van der Waals surface area contributed by atoms with Crippen molar-refractivity contribution in [1.82, 2.24) is 0 Å². The predicted octanol–water partition coefficient (Wildman–Crippen LogP) is 3.25. The van der Waals surface area contributed by atoms with Gasteiger partial charge in [-0.3, -0.25) is 4.79 Å². The molecule has 2 nitrogen and oxygen atoms in total.